The number of methoxy groups -OCH3 is 1. The average Bonchev–Trinajstić information content (AvgIpc) is 2.38. The molecule has 0 heterocycles. The highest BCUT2D eigenvalue weighted by Crippen LogP contribution is 2.12. The number of hydrogen-bond acceptors (Lipinski definition) is 2. The van der Waals surface area contributed by atoms with Crippen LogP contribution in [0, 0.1) is 0 Å². The molecule has 0 saturated carbocycles. The first kappa shape index (κ1) is 14.0. The van der Waals surface area contributed by atoms with E-state index in [2.05, 4.69) is 19.1 Å². The predicted molar refractivity (Wildman–Crippen MR) is 71.7 cm³/mol. The summed E-state index contributed by atoms with van der Waals surface area (Å²) in [6.07, 6.45) is 5.91. The van der Waals surface area contributed by atoms with Crippen LogP contribution < -0.4 is 4.74 Å². The summed E-state index contributed by atoms with van der Waals surface area (Å²) in [6.45, 7) is 4.00. The van der Waals surface area contributed by atoms with Crippen LogP contribution in [0.5, 0.6) is 5.75 Å². The highest BCUT2D eigenvalue weighted by molar-refractivity contribution is 5.27. The predicted octanol–water partition coefficient (Wildman–Crippen LogP) is 3.83. The second kappa shape index (κ2) is 9.06. The van der Waals surface area contributed by atoms with Gasteiger partial charge < -0.3 is 9.47 Å². The Balaban J connectivity index is 2.05. The molecule has 1 aromatic rings. The number of ether oxygens (including phenoxy) is 2. The molecule has 0 bridgehead atoms. The molecule has 1 aromatic carbocycles. The monoisotopic (exact) mass is 236 g/mol. The molecule has 0 radical (unpaired) electrons. The Kier molecular flexibility index (Phi) is 7.48. The molecule has 0 amide bonds. The number of aryl methyl sites for hydroxylation is 1. The minimum Gasteiger partial charge on any atom is -0.497 e. The molecule has 0 saturated heterocycles. The number of unbranched alkanes of at least 4 members (excludes halogenated alkanes) is 2. The minimum absolute atomic E-state index is 0.871. The van der Waals surface area contributed by atoms with Gasteiger partial charge in [0, 0.05) is 13.2 Å². The van der Waals surface area contributed by atoms with Gasteiger partial charge in [0.2, 0.25) is 0 Å². The Labute approximate surface area is 105 Å². The van der Waals surface area contributed by atoms with Crippen LogP contribution in [-0.2, 0) is 11.2 Å². The molecule has 17 heavy (non-hydrogen) atoms. The highest BCUT2D eigenvalue weighted by atomic mass is 16.5. The normalized spacial score (nSPS) is 10.5. The highest BCUT2D eigenvalue weighted by Gasteiger charge is 1.95. The summed E-state index contributed by atoms with van der Waals surface area (Å²) in [4.78, 5) is 0. The van der Waals surface area contributed by atoms with Crippen LogP contribution >= 0.6 is 0 Å². The molecule has 0 aliphatic carbocycles. The summed E-state index contributed by atoms with van der Waals surface area (Å²) < 4.78 is 10.7. The third-order valence-corrected chi connectivity index (χ3v) is 2.81. The lowest BCUT2D eigenvalue weighted by molar-refractivity contribution is 0.128. The Hall–Kier alpha value is -1.02. The summed E-state index contributed by atoms with van der Waals surface area (Å²) in [7, 11) is 1.69. The second-order valence-corrected chi connectivity index (χ2v) is 4.27. The third-order valence-electron chi connectivity index (χ3n) is 2.81. The van der Waals surface area contributed by atoms with Crippen molar-refractivity contribution in [1.82, 2.24) is 0 Å². The zero-order chi connectivity index (χ0) is 12.3. The van der Waals surface area contributed by atoms with Crippen LogP contribution in [0.25, 0.3) is 0 Å². The van der Waals surface area contributed by atoms with E-state index in [0.29, 0.717) is 0 Å². The first-order valence-electron chi connectivity index (χ1n) is 6.57. The van der Waals surface area contributed by atoms with Gasteiger partial charge in [0.15, 0.2) is 0 Å². The molecule has 1 rings (SSSR count). The topological polar surface area (TPSA) is 18.5 Å². The van der Waals surface area contributed by atoms with Crippen LogP contribution in [0.1, 0.15) is 38.2 Å². The van der Waals surface area contributed by atoms with Crippen molar-refractivity contribution in [2.24, 2.45) is 0 Å². The molecule has 0 atom stereocenters. The summed E-state index contributed by atoms with van der Waals surface area (Å²) in [5.41, 5.74) is 1.35. The Bertz CT molecular complexity index is 279. The summed E-state index contributed by atoms with van der Waals surface area (Å²) in [6, 6.07) is 8.26. The Morgan fingerprint density at radius 2 is 1.65 bits per heavy atom. The number of rotatable bonds is 9. The van der Waals surface area contributed by atoms with Crippen molar-refractivity contribution < 1.29 is 9.47 Å². The van der Waals surface area contributed by atoms with Crippen molar-refractivity contribution in [3.63, 3.8) is 0 Å². The third kappa shape index (κ3) is 6.32. The van der Waals surface area contributed by atoms with Crippen LogP contribution in [0.2, 0.25) is 0 Å². The van der Waals surface area contributed by atoms with Crippen molar-refractivity contribution in [2.45, 2.75) is 39.0 Å². The molecule has 0 aliphatic rings. The van der Waals surface area contributed by atoms with Crippen molar-refractivity contribution in [3.8, 4) is 5.75 Å². The van der Waals surface area contributed by atoms with E-state index in [1.807, 2.05) is 12.1 Å². The molecular weight excluding hydrogens is 212 g/mol. The molecule has 0 spiro atoms. The van der Waals surface area contributed by atoms with Gasteiger partial charge in [-0.05, 0) is 37.0 Å². The van der Waals surface area contributed by atoms with Crippen molar-refractivity contribution >= 4 is 0 Å². The zero-order valence-corrected chi connectivity index (χ0v) is 11.1. The fourth-order valence-corrected chi connectivity index (χ4v) is 1.73. The van der Waals surface area contributed by atoms with Crippen molar-refractivity contribution in [2.75, 3.05) is 20.3 Å². The molecule has 96 valence electrons. The lowest BCUT2D eigenvalue weighted by Crippen LogP contribution is -1.98. The number of hydrogen-bond donors (Lipinski definition) is 0. The molecule has 0 aromatic heterocycles. The first-order chi connectivity index (χ1) is 8.36. The summed E-state index contributed by atoms with van der Waals surface area (Å²) >= 11 is 0. The smallest absolute Gasteiger partial charge is 0.118 e. The molecule has 0 fully saturated rings. The van der Waals surface area contributed by atoms with E-state index >= 15 is 0 Å². The van der Waals surface area contributed by atoms with Gasteiger partial charge in [-0.15, -0.1) is 0 Å². The summed E-state index contributed by atoms with van der Waals surface area (Å²) in [5.74, 6) is 0.921. The Morgan fingerprint density at radius 3 is 2.29 bits per heavy atom. The van der Waals surface area contributed by atoms with E-state index in [9.17, 15) is 0 Å². The first-order valence-corrected chi connectivity index (χ1v) is 6.57. The summed E-state index contributed by atoms with van der Waals surface area (Å²) in [5, 5.41) is 0. The molecule has 0 unspecified atom stereocenters. The van der Waals surface area contributed by atoms with Gasteiger partial charge in [-0.3, -0.25) is 0 Å². The van der Waals surface area contributed by atoms with E-state index in [0.717, 1.165) is 31.8 Å². The fourth-order valence-electron chi connectivity index (χ4n) is 1.73. The Morgan fingerprint density at radius 1 is 0.941 bits per heavy atom. The zero-order valence-electron chi connectivity index (χ0n) is 11.1. The SMILES string of the molecule is CCCCCOCCCc1ccc(OC)cc1. The van der Waals surface area contributed by atoms with Gasteiger partial charge in [-0.1, -0.05) is 31.9 Å². The van der Waals surface area contributed by atoms with Crippen LogP contribution in [0.15, 0.2) is 24.3 Å². The molecule has 2 heteroatoms. The maximum Gasteiger partial charge on any atom is 0.118 e. The average molecular weight is 236 g/mol. The minimum atomic E-state index is 0.871. The standard InChI is InChI=1S/C15H24O2/c1-3-4-5-12-17-13-6-7-14-8-10-15(16-2)11-9-14/h8-11H,3-7,12-13H2,1-2H3. The maximum atomic E-state index is 5.58. The van der Waals surface area contributed by atoms with Crippen molar-refractivity contribution in [3.05, 3.63) is 29.8 Å². The van der Waals surface area contributed by atoms with Crippen LogP contribution in [-0.4, -0.2) is 20.3 Å². The van der Waals surface area contributed by atoms with E-state index in [-0.39, 0.29) is 0 Å². The van der Waals surface area contributed by atoms with Crippen molar-refractivity contribution in [1.29, 1.82) is 0 Å². The lowest BCUT2D eigenvalue weighted by atomic mass is 10.1. The van der Waals surface area contributed by atoms with Crippen LogP contribution in [0.4, 0.5) is 0 Å². The van der Waals surface area contributed by atoms with E-state index in [4.69, 9.17) is 9.47 Å². The van der Waals surface area contributed by atoms with Gasteiger partial charge in [0.05, 0.1) is 7.11 Å². The maximum absolute atomic E-state index is 5.58. The second-order valence-electron chi connectivity index (χ2n) is 4.27. The van der Waals surface area contributed by atoms with Gasteiger partial charge in [-0.2, -0.15) is 0 Å². The molecule has 2 nitrogen and oxygen atoms in total. The van der Waals surface area contributed by atoms with Gasteiger partial charge in [0.1, 0.15) is 5.75 Å². The molecular formula is C15H24O2. The molecule has 0 aliphatic heterocycles. The quantitative estimate of drug-likeness (QED) is 0.607. The van der Waals surface area contributed by atoms with Crippen LogP contribution in [0.3, 0.4) is 0 Å². The van der Waals surface area contributed by atoms with E-state index in [1.54, 1.807) is 7.11 Å². The van der Waals surface area contributed by atoms with E-state index < -0.39 is 0 Å². The van der Waals surface area contributed by atoms with Gasteiger partial charge in [0.25, 0.3) is 0 Å². The van der Waals surface area contributed by atoms with E-state index in [1.165, 1.54) is 24.8 Å². The fraction of sp³-hybridized carbons (Fsp3) is 0.600. The number of benzene rings is 1. The lowest BCUT2D eigenvalue weighted by Gasteiger charge is -2.05. The van der Waals surface area contributed by atoms with Gasteiger partial charge >= 0.3 is 0 Å². The largest absolute Gasteiger partial charge is 0.497 e. The molecule has 0 N–H and O–H groups in total. The van der Waals surface area contributed by atoms with Gasteiger partial charge in [-0.25, -0.2) is 0 Å².